The second kappa shape index (κ2) is 4.53. The second-order valence-electron chi connectivity index (χ2n) is 4.18. The molecule has 1 N–H and O–H groups in total. The van der Waals surface area contributed by atoms with Crippen molar-refractivity contribution in [3.8, 4) is 5.75 Å². The van der Waals surface area contributed by atoms with E-state index in [1.54, 1.807) is 35.0 Å². The summed E-state index contributed by atoms with van der Waals surface area (Å²) >= 11 is 0. The fraction of sp³-hybridized carbons (Fsp3) is 0.0714. The standard InChI is InChI=1S/C14H11N3O2/c18-9-11-5-3-7-17-14(11)15-13(16-17)8-10-4-1-2-6-12(10)19/h1-7,9,19H,8H2. The smallest absolute Gasteiger partial charge is 0.166 e. The number of pyridine rings is 1. The van der Waals surface area contributed by atoms with Crippen molar-refractivity contribution in [2.75, 3.05) is 0 Å². The lowest BCUT2D eigenvalue weighted by Crippen LogP contribution is -1.92. The van der Waals surface area contributed by atoms with Crippen LogP contribution in [0.2, 0.25) is 0 Å². The van der Waals surface area contributed by atoms with Crippen molar-refractivity contribution in [1.29, 1.82) is 0 Å². The van der Waals surface area contributed by atoms with Crippen LogP contribution in [0.5, 0.6) is 5.75 Å². The first-order valence-corrected chi connectivity index (χ1v) is 5.84. The van der Waals surface area contributed by atoms with Crippen molar-refractivity contribution in [2.45, 2.75) is 6.42 Å². The predicted molar refractivity (Wildman–Crippen MR) is 69.3 cm³/mol. The van der Waals surface area contributed by atoms with Crippen LogP contribution in [-0.2, 0) is 6.42 Å². The van der Waals surface area contributed by atoms with E-state index in [-0.39, 0.29) is 5.75 Å². The van der Waals surface area contributed by atoms with Crippen LogP contribution in [0.25, 0.3) is 5.65 Å². The van der Waals surface area contributed by atoms with Crippen LogP contribution in [0.15, 0.2) is 42.6 Å². The van der Waals surface area contributed by atoms with Crippen LogP contribution in [0, 0.1) is 0 Å². The van der Waals surface area contributed by atoms with Crippen molar-refractivity contribution in [3.05, 3.63) is 59.5 Å². The van der Waals surface area contributed by atoms with Gasteiger partial charge in [0.05, 0.1) is 5.56 Å². The molecule has 0 amide bonds. The number of carbonyl (C=O) groups is 1. The quantitative estimate of drug-likeness (QED) is 0.723. The summed E-state index contributed by atoms with van der Waals surface area (Å²) in [6, 6.07) is 10.5. The average Bonchev–Trinajstić information content (AvgIpc) is 2.83. The highest BCUT2D eigenvalue weighted by Crippen LogP contribution is 2.18. The zero-order chi connectivity index (χ0) is 13.2. The Morgan fingerprint density at radius 3 is 2.84 bits per heavy atom. The molecular weight excluding hydrogens is 242 g/mol. The number of phenolic OH excluding ortho intramolecular Hbond substituents is 1. The van der Waals surface area contributed by atoms with E-state index in [0.717, 1.165) is 11.8 Å². The molecule has 5 nitrogen and oxygen atoms in total. The number of phenols is 1. The maximum absolute atomic E-state index is 10.9. The lowest BCUT2D eigenvalue weighted by atomic mass is 10.1. The van der Waals surface area contributed by atoms with E-state index in [2.05, 4.69) is 10.1 Å². The molecule has 0 saturated heterocycles. The molecule has 3 rings (SSSR count). The highest BCUT2D eigenvalue weighted by molar-refractivity contribution is 5.83. The van der Waals surface area contributed by atoms with Gasteiger partial charge in [0.25, 0.3) is 0 Å². The van der Waals surface area contributed by atoms with E-state index >= 15 is 0 Å². The Hall–Kier alpha value is -2.69. The van der Waals surface area contributed by atoms with E-state index < -0.39 is 0 Å². The van der Waals surface area contributed by atoms with Crippen molar-refractivity contribution in [3.63, 3.8) is 0 Å². The number of hydrogen-bond donors (Lipinski definition) is 1. The largest absolute Gasteiger partial charge is 0.508 e. The first-order chi connectivity index (χ1) is 9.28. The van der Waals surface area contributed by atoms with Crippen LogP contribution in [0.3, 0.4) is 0 Å². The van der Waals surface area contributed by atoms with E-state index in [1.165, 1.54) is 0 Å². The van der Waals surface area contributed by atoms with Crippen molar-refractivity contribution in [2.24, 2.45) is 0 Å². The Morgan fingerprint density at radius 1 is 1.21 bits per heavy atom. The number of hydrogen-bond acceptors (Lipinski definition) is 4. The maximum Gasteiger partial charge on any atom is 0.166 e. The van der Waals surface area contributed by atoms with E-state index in [1.807, 2.05) is 12.1 Å². The molecule has 0 spiro atoms. The van der Waals surface area contributed by atoms with Gasteiger partial charge in [-0.05, 0) is 18.2 Å². The SMILES string of the molecule is O=Cc1cccn2nc(Cc3ccccc3O)nc12. The minimum Gasteiger partial charge on any atom is -0.508 e. The summed E-state index contributed by atoms with van der Waals surface area (Å²) < 4.78 is 1.57. The molecule has 0 aliphatic carbocycles. The van der Waals surface area contributed by atoms with E-state index in [9.17, 15) is 9.90 Å². The zero-order valence-electron chi connectivity index (χ0n) is 10.0. The summed E-state index contributed by atoms with van der Waals surface area (Å²) in [4.78, 5) is 15.3. The molecule has 0 bridgehead atoms. The van der Waals surface area contributed by atoms with Gasteiger partial charge in [0, 0.05) is 18.2 Å². The molecular formula is C14H11N3O2. The number of rotatable bonds is 3. The first-order valence-electron chi connectivity index (χ1n) is 5.84. The number of aromatic nitrogens is 3. The summed E-state index contributed by atoms with van der Waals surface area (Å²) in [5.41, 5.74) is 1.78. The Labute approximate surface area is 109 Å². The van der Waals surface area contributed by atoms with Gasteiger partial charge >= 0.3 is 0 Å². The number of carbonyl (C=O) groups excluding carboxylic acids is 1. The van der Waals surface area contributed by atoms with Gasteiger partial charge in [0.15, 0.2) is 17.8 Å². The van der Waals surface area contributed by atoms with Crippen LogP contribution >= 0.6 is 0 Å². The average molecular weight is 253 g/mol. The molecule has 94 valence electrons. The molecule has 1 aromatic carbocycles. The monoisotopic (exact) mass is 253 g/mol. The fourth-order valence-corrected chi connectivity index (χ4v) is 1.97. The molecule has 0 fully saturated rings. The van der Waals surface area contributed by atoms with Gasteiger partial charge in [-0.3, -0.25) is 4.79 Å². The van der Waals surface area contributed by atoms with Crippen molar-refractivity contribution in [1.82, 2.24) is 14.6 Å². The Balaban J connectivity index is 2.03. The van der Waals surface area contributed by atoms with Gasteiger partial charge in [-0.25, -0.2) is 9.50 Å². The topological polar surface area (TPSA) is 67.5 Å². The van der Waals surface area contributed by atoms with Crippen LogP contribution in [0.1, 0.15) is 21.7 Å². The Morgan fingerprint density at radius 2 is 2.05 bits per heavy atom. The minimum atomic E-state index is 0.219. The van der Waals surface area contributed by atoms with Crippen LogP contribution in [-0.4, -0.2) is 26.0 Å². The predicted octanol–water partition coefficient (Wildman–Crippen LogP) is 1.84. The lowest BCUT2D eigenvalue weighted by molar-refractivity contribution is 0.112. The summed E-state index contributed by atoms with van der Waals surface area (Å²) in [5, 5.41) is 14.0. The molecule has 0 unspecified atom stereocenters. The third-order valence-corrected chi connectivity index (χ3v) is 2.90. The molecule has 0 atom stereocenters. The van der Waals surface area contributed by atoms with Crippen molar-refractivity contribution >= 4 is 11.9 Å². The number of fused-ring (bicyclic) bond motifs is 1. The second-order valence-corrected chi connectivity index (χ2v) is 4.18. The summed E-state index contributed by atoms with van der Waals surface area (Å²) in [6.07, 6.45) is 2.92. The number of aldehydes is 1. The van der Waals surface area contributed by atoms with Gasteiger partial charge in [0.1, 0.15) is 5.75 Å². The Bertz CT molecular complexity index is 749. The third-order valence-electron chi connectivity index (χ3n) is 2.90. The van der Waals surface area contributed by atoms with Gasteiger partial charge < -0.3 is 5.11 Å². The van der Waals surface area contributed by atoms with Crippen LogP contribution < -0.4 is 0 Å². The number of para-hydroxylation sites is 1. The van der Waals surface area contributed by atoms with Crippen molar-refractivity contribution < 1.29 is 9.90 Å². The van der Waals surface area contributed by atoms with Gasteiger partial charge in [-0.15, -0.1) is 0 Å². The molecule has 0 aliphatic heterocycles. The van der Waals surface area contributed by atoms with E-state index in [4.69, 9.17) is 0 Å². The molecule has 3 aromatic rings. The number of nitrogens with zero attached hydrogens (tertiary/aromatic N) is 3. The number of benzene rings is 1. The normalized spacial score (nSPS) is 10.7. The minimum absolute atomic E-state index is 0.219. The lowest BCUT2D eigenvalue weighted by Gasteiger charge is -1.99. The van der Waals surface area contributed by atoms with Crippen LogP contribution in [0.4, 0.5) is 0 Å². The van der Waals surface area contributed by atoms with Gasteiger partial charge in [-0.2, -0.15) is 5.10 Å². The third kappa shape index (κ3) is 2.06. The summed E-state index contributed by atoms with van der Waals surface area (Å²) in [6.45, 7) is 0. The molecule has 0 radical (unpaired) electrons. The molecule has 2 heterocycles. The summed E-state index contributed by atoms with van der Waals surface area (Å²) in [5.74, 6) is 0.785. The highest BCUT2D eigenvalue weighted by Gasteiger charge is 2.09. The maximum atomic E-state index is 10.9. The first kappa shape index (κ1) is 11.4. The Kier molecular flexibility index (Phi) is 2.72. The molecule has 2 aromatic heterocycles. The number of aromatic hydroxyl groups is 1. The highest BCUT2D eigenvalue weighted by atomic mass is 16.3. The fourth-order valence-electron chi connectivity index (χ4n) is 1.97. The molecule has 0 aliphatic rings. The van der Waals surface area contributed by atoms with E-state index in [0.29, 0.717) is 23.5 Å². The molecule has 5 heteroatoms. The molecule has 0 saturated carbocycles. The molecule has 19 heavy (non-hydrogen) atoms. The van der Waals surface area contributed by atoms with Gasteiger partial charge in [-0.1, -0.05) is 18.2 Å². The van der Waals surface area contributed by atoms with Gasteiger partial charge in [0.2, 0.25) is 0 Å². The zero-order valence-corrected chi connectivity index (χ0v) is 10.0. The summed E-state index contributed by atoms with van der Waals surface area (Å²) in [7, 11) is 0.